The van der Waals surface area contributed by atoms with E-state index in [1.807, 2.05) is 0 Å². The fourth-order valence-corrected chi connectivity index (χ4v) is 7.06. The van der Waals surface area contributed by atoms with Gasteiger partial charge >= 0.3 is 25.7 Å². The van der Waals surface area contributed by atoms with E-state index in [9.17, 15) is 24.1 Å². The Labute approximate surface area is 300 Å². The number of phosphoric ester groups is 1. The third-order valence-corrected chi connectivity index (χ3v) is 10.3. The number of carbonyl (C=O) groups is 3. The maximum absolute atomic E-state index is 13.1. The molecule has 0 aliphatic rings. The van der Waals surface area contributed by atoms with Gasteiger partial charge in [-0.3, -0.25) is 9.59 Å². The number of phosphoric acid groups is 1. The summed E-state index contributed by atoms with van der Waals surface area (Å²) in [6, 6.07) is 0. The number of aliphatic hydroxyl groups is 2. The summed E-state index contributed by atoms with van der Waals surface area (Å²) in [7, 11) is -4.95. The van der Waals surface area contributed by atoms with Crippen LogP contribution in [0.3, 0.4) is 0 Å². The second kappa shape index (κ2) is 35.0. The van der Waals surface area contributed by atoms with Crippen LogP contribution < -0.4 is 0 Å². The first-order valence-corrected chi connectivity index (χ1v) is 21.8. The SMILES string of the molecule is CCCCCCCCCCCCCCCCCC(=O)OP(=O)(OC(=O)CCCCCCCCCCCCCCCCC)OC(=O)C(O)CO. The van der Waals surface area contributed by atoms with Gasteiger partial charge in [0.25, 0.3) is 0 Å². The first kappa shape index (κ1) is 47.6. The fraction of sp³-hybridized carbons (Fsp3) is 0.923. The molecule has 10 heteroatoms. The Kier molecular flexibility index (Phi) is 34.0. The third kappa shape index (κ3) is 32.2. The normalized spacial score (nSPS) is 12.2. The Bertz CT molecular complexity index is 783. The van der Waals surface area contributed by atoms with Gasteiger partial charge in [0.1, 0.15) is 0 Å². The predicted octanol–water partition coefficient (Wildman–Crippen LogP) is 11.6. The van der Waals surface area contributed by atoms with Gasteiger partial charge in [0, 0.05) is 12.8 Å². The highest BCUT2D eigenvalue weighted by Gasteiger charge is 2.40. The lowest BCUT2D eigenvalue weighted by Gasteiger charge is -2.17. The Hall–Kier alpha value is -1.44. The summed E-state index contributed by atoms with van der Waals surface area (Å²) in [6.45, 7) is 3.50. The Morgan fingerprint density at radius 3 is 0.939 bits per heavy atom. The third-order valence-electron chi connectivity index (χ3n) is 9.04. The van der Waals surface area contributed by atoms with Crippen LogP contribution in [-0.2, 0) is 32.5 Å². The minimum Gasteiger partial charge on any atom is -0.393 e. The zero-order valence-electron chi connectivity index (χ0n) is 31.6. The molecule has 1 atom stereocenters. The lowest BCUT2D eigenvalue weighted by Crippen LogP contribution is -2.27. The average Bonchev–Trinajstić information content (AvgIpc) is 3.07. The summed E-state index contributed by atoms with van der Waals surface area (Å²) < 4.78 is 27.4. The topological polar surface area (TPSA) is 136 Å². The highest BCUT2D eigenvalue weighted by molar-refractivity contribution is 7.50. The first-order valence-electron chi connectivity index (χ1n) is 20.3. The smallest absolute Gasteiger partial charge is 0.393 e. The van der Waals surface area contributed by atoms with Crippen molar-refractivity contribution in [1.29, 1.82) is 0 Å². The lowest BCUT2D eigenvalue weighted by atomic mass is 10.0. The molecular formula is C39H75O9P. The van der Waals surface area contributed by atoms with Gasteiger partial charge in [-0.25, -0.2) is 4.79 Å². The molecule has 0 aliphatic heterocycles. The van der Waals surface area contributed by atoms with E-state index in [1.54, 1.807) is 0 Å². The fourth-order valence-electron chi connectivity index (χ4n) is 5.92. The Morgan fingerprint density at radius 2 is 0.694 bits per heavy atom. The van der Waals surface area contributed by atoms with Crippen molar-refractivity contribution < 1.29 is 42.7 Å². The summed E-state index contributed by atoms with van der Waals surface area (Å²) in [5, 5.41) is 18.5. The van der Waals surface area contributed by atoms with Crippen molar-refractivity contribution in [3.8, 4) is 0 Å². The summed E-state index contributed by atoms with van der Waals surface area (Å²) in [4.78, 5) is 36.8. The van der Waals surface area contributed by atoms with Crippen molar-refractivity contribution in [3.05, 3.63) is 0 Å². The molecule has 0 fully saturated rings. The zero-order valence-corrected chi connectivity index (χ0v) is 32.5. The van der Waals surface area contributed by atoms with Gasteiger partial charge in [-0.05, 0) is 12.8 Å². The molecule has 0 saturated carbocycles. The first-order chi connectivity index (χ1) is 23.8. The van der Waals surface area contributed by atoms with Gasteiger partial charge in [0.15, 0.2) is 6.10 Å². The molecule has 0 aliphatic carbocycles. The van der Waals surface area contributed by atoms with Gasteiger partial charge in [-0.15, -0.1) is 0 Å². The van der Waals surface area contributed by atoms with E-state index in [2.05, 4.69) is 18.4 Å². The van der Waals surface area contributed by atoms with Crippen LogP contribution >= 0.6 is 7.82 Å². The van der Waals surface area contributed by atoms with E-state index in [0.29, 0.717) is 12.8 Å². The van der Waals surface area contributed by atoms with Crippen LogP contribution in [0.2, 0.25) is 0 Å². The van der Waals surface area contributed by atoms with Crippen LogP contribution in [0.1, 0.15) is 219 Å². The Balaban J connectivity index is 4.15. The molecule has 0 aromatic rings. The van der Waals surface area contributed by atoms with E-state index in [4.69, 9.17) is 14.2 Å². The minimum atomic E-state index is -4.95. The van der Waals surface area contributed by atoms with Crippen molar-refractivity contribution in [2.45, 2.75) is 225 Å². The average molecular weight is 719 g/mol. The maximum atomic E-state index is 13.1. The van der Waals surface area contributed by atoms with Crippen LogP contribution in [0.15, 0.2) is 0 Å². The quantitative estimate of drug-likeness (QED) is 0.0475. The number of unbranched alkanes of at least 4 members (excludes halogenated alkanes) is 28. The summed E-state index contributed by atoms with van der Waals surface area (Å²) in [5.41, 5.74) is 0. The van der Waals surface area contributed by atoms with Gasteiger partial charge in [-0.2, -0.15) is 4.57 Å². The molecule has 1 unspecified atom stereocenters. The zero-order chi connectivity index (χ0) is 36.3. The number of rotatable bonds is 37. The summed E-state index contributed by atoms with van der Waals surface area (Å²) >= 11 is 0. The number of carbonyl (C=O) groups excluding carboxylic acids is 3. The Morgan fingerprint density at radius 1 is 0.449 bits per heavy atom. The molecule has 2 N–H and O–H groups in total. The molecular weight excluding hydrogens is 643 g/mol. The van der Waals surface area contributed by atoms with Gasteiger partial charge in [0.05, 0.1) is 6.61 Å². The molecule has 0 aromatic carbocycles. The largest absolute Gasteiger partial charge is 0.653 e. The molecule has 0 bridgehead atoms. The number of hydrogen-bond acceptors (Lipinski definition) is 9. The van der Waals surface area contributed by atoms with Gasteiger partial charge < -0.3 is 23.8 Å². The van der Waals surface area contributed by atoms with Gasteiger partial charge in [0.2, 0.25) is 0 Å². The van der Waals surface area contributed by atoms with Crippen LogP contribution in [-0.4, -0.2) is 40.8 Å². The van der Waals surface area contributed by atoms with Crippen molar-refractivity contribution in [3.63, 3.8) is 0 Å². The summed E-state index contributed by atoms with van der Waals surface area (Å²) in [6.07, 6.45) is 33.2. The molecule has 0 rings (SSSR count). The molecule has 0 heterocycles. The van der Waals surface area contributed by atoms with Gasteiger partial charge in [-0.1, -0.05) is 194 Å². The standard InChI is InChI=1S/C39H75O9P/c1-3-5-7-9-11-13-15-17-19-21-23-25-27-29-31-33-37(42)46-49(45,48-39(44)36(41)35-40)47-38(43)34-32-30-28-26-24-22-20-18-16-14-12-10-8-6-4-2/h36,40-41H,3-35H2,1-2H3. The number of hydrogen-bond donors (Lipinski definition) is 2. The van der Waals surface area contributed by atoms with Crippen molar-refractivity contribution in [2.24, 2.45) is 0 Å². The molecule has 9 nitrogen and oxygen atoms in total. The minimum absolute atomic E-state index is 0.0705. The molecule has 0 radical (unpaired) electrons. The molecule has 0 aromatic heterocycles. The second-order valence-corrected chi connectivity index (χ2v) is 15.3. The van der Waals surface area contributed by atoms with E-state index >= 15 is 0 Å². The van der Waals surface area contributed by atoms with Crippen molar-refractivity contribution in [1.82, 2.24) is 0 Å². The maximum Gasteiger partial charge on any atom is 0.653 e. The van der Waals surface area contributed by atoms with Crippen molar-refractivity contribution >= 4 is 25.7 Å². The van der Waals surface area contributed by atoms with Crippen LogP contribution in [0.25, 0.3) is 0 Å². The molecule has 49 heavy (non-hydrogen) atoms. The molecule has 0 saturated heterocycles. The van der Waals surface area contributed by atoms with Crippen LogP contribution in [0.4, 0.5) is 0 Å². The lowest BCUT2D eigenvalue weighted by molar-refractivity contribution is -0.151. The second-order valence-electron chi connectivity index (χ2n) is 13.9. The van der Waals surface area contributed by atoms with E-state index < -0.39 is 38.4 Å². The van der Waals surface area contributed by atoms with Crippen LogP contribution in [0.5, 0.6) is 0 Å². The molecule has 0 spiro atoms. The van der Waals surface area contributed by atoms with E-state index in [1.165, 1.54) is 128 Å². The molecule has 290 valence electrons. The monoisotopic (exact) mass is 719 g/mol. The highest BCUT2D eigenvalue weighted by Crippen LogP contribution is 2.50. The summed E-state index contributed by atoms with van der Waals surface area (Å²) in [5.74, 6) is -3.32. The number of aliphatic hydroxyl groups excluding tert-OH is 2. The van der Waals surface area contributed by atoms with E-state index in [0.717, 1.165) is 51.4 Å². The van der Waals surface area contributed by atoms with E-state index in [-0.39, 0.29) is 12.8 Å². The predicted molar refractivity (Wildman–Crippen MR) is 198 cm³/mol. The van der Waals surface area contributed by atoms with Crippen LogP contribution in [0, 0.1) is 0 Å². The van der Waals surface area contributed by atoms with Crippen molar-refractivity contribution in [2.75, 3.05) is 6.61 Å². The molecule has 0 amide bonds. The highest BCUT2D eigenvalue weighted by atomic mass is 31.2.